The Morgan fingerprint density at radius 1 is 1.12 bits per heavy atom. The molecule has 1 fully saturated rings. The second-order valence-electron chi connectivity index (χ2n) is 5.70. The predicted molar refractivity (Wildman–Crippen MR) is 90.1 cm³/mol. The van der Waals surface area contributed by atoms with Crippen LogP contribution in [0.25, 0.3) is 0 Å². The summed E-state index contributed by atoms with van der Waals surface area (Å²) in [7, 11) is 0. The zero-order valence-corrected chi connectivity index (χ0v) is 14.1. The summed E-state index contributed by atoms with van der Waals surface area (Å²) in [5.74, 6) is -1.27. The summed E-state index contributed by atoms with van der Waals surface area (Å²) in [6.45, 7) is -0.0280. The van der Waals surface area contributed by atoms with Crippen molar-refractivity contribution in [2.75, 3.05) is 5.32 Å². The molecular weight excluding hydrogens is 367 g/mol. The molecule has 1 saturated heterocycles. The molecule has 9 heteroatoms. The maximum Gasteiger partial charge on any atom is 0.326 e. The summed E-state index contributed by atoms with van der Waals surface area (Å²) in [4.78, 5) is 42.8. The van der Waals surface area contributed by atoms with Crippen LogP contribution >= 0.6 is 23.2 Å². The second-order valence-corrected chi connectivity index (χ2v) is 6.53. The number of halogens is 2. The zero-order chi connectivity index (χ0) is 17.8. The van der Waals surface area contributed by atoms with Gasteiger partial charge in [-0.3, -0.25) is 14.5 Å². The molecule has 2 aromatic rings. The minimum Gasteiger partial charge on any atom is -0.323 e. The molecule has 2 aliphatic rings. The summed E-state index contributed by atoms with van der Waals surface area (Å²) >= 11 is 11.7. The van der Waals surface area contributed by atoms with Crippen molar-refractivity contribution >= 4 is 46.7 Å². The van der Waals surface area contributed by atoms with Gasteiger partial charge < -0.3 is 10.6 Å². The largest absolute Gasteiger partial charge is 0.326 e. The molecule has 3 heterocycles. The van der Waals surface area contributed by atoms with Crippen LogP contribution in [0.5, 0.6) is 0 Å². The Kier molecular flexibility index (Phi) is 3.45. The van der Waals surface area contributed by atoms with Crippen LogP contribution < -0.4 is 10.6 Å². The number of carbonyl (C=O) groups is 3. The SMILES string of the molecule is O=C1NC2(C(=O)Nc3ccc(Cl)cc32)C(=O)N1Cc1ccc(Cl)nc1. The third-order valence-corrected chi connectivity index (χ3v) is 4.67. The highest BCUT2D eigenvalue weighted by Crippen LogP contribution is 2.41. The van der Waals surface area contributed by atoms with Crippen LogP contribution in [0.1, 0.15) is 11.1 Å². The molecule has 7 nitrogen and oxygen atoms in total. The second kappa shape index (κ2) is 5.44. The van der Waals surface area contributed by atoms with E-state index >= 15 is 0 Å². The molecule has 1 unspecified atom stereocenters. The molecule has 1 atom stereocenters. The molecule has 126 valence electrons. The van der Waals surface area contributed by atoms with Crippen molar-refractivity contribution in [2.24, 2.45) is 0 Å². The molecule has 25 heavy (non-hydrogen) atoms. The number of aromatic nitrogens is 1. The molecule has 0 saturated carbocycles. The van der Waals surface area contributed by atoms with Crippen molar-refractivity contribution in [1.29, 1.82) is 0 Å². The van der Waals surface area contributed by atoms with E-state index in [1.807, 2.05) is 0 Å². The minimum atomic E-state index is -1.79. The van der Waals surface area contributed by atoms with Crippen LogP contribution in [0.3, 0.4) is 0 Å². The molecule has 0 bridgehead atoms. The topological polar surface area (TPSA) is 91.4 Å². The maximum absolute atomic E-state index is 13.0. The van der Waals surface area contributed by atoms with Gasteiger partial charge in [0.2, 0.25) is 5.54 Å². The van der Waals surface area contributed by atoms with Crippen molar-refractivity contribution in [3.63, 3.8) is 0 Å². The van der Waals surface area contributed by atoms with Gasteiger partial charge in [0.25, 0.3) is 11.8 Å². The van der Waals surface area contributed by atoms with E-state index < -0.39 is 23.4 Å². The monoisotopic (exact) mass is 376 g/mol. The minimum absolute atomic E-state index is 0.0280. The van der Waals surface area contributed by atoms with E-state index in [0.717, 1.165) is 4.90 Å². The summed E-state index contributed by atoms with van der Waals surface area (Å²) in [6.07, 6.45) is 1.47. The van der Waals surface area contributed by atoms with Gasteiger partial charge in [0.1, 0.15) is 5.15 Å². The molecule has 0 aliphatic carbocycles. The Hall–Kier alpha value is -2.64. The van der Waals surface area contributed by atoms with Gasteiger partial charge in [0.15, 0.2) is 0 Å². The third-order valence-electron chi connectivity index (χ3n) is 4.21. The highest BCUT2D eigenvalue weighted by Gasteiger charge is 2.61. The van der Waals surface area contributed by atoms with Gasteiger partial charge in [-0.1, -0.05) is 29.3 Å². The number of nitrogens with zero attached hydrogens (tertiary/aromatic N) is 2. The molecule has 2 N–H and O–H groups in total. The quantitative estimate of drug-likeness (QED) is 0.477. The number of amides is 4. The lowest BCUT2D eigenvalue weighted by molar-refractivity contribution is -0.137. The van der Waals surface area contributed by atoms with Gasteiger partial charge >= 0.3 is 6.03 Å². The third kappa shape index (κ3) is 2.27. The van der Waals surface area contributed by atoms with Crippen LogP contribution in [0, 0.1) is 0 Å². The fourth-order valence-corrected chi connectivity index (χ4v) is 3.30. The van der Waals surface area contributed by atoms with Gasteiger partial charge in [-0.05, 0) is 29.8 Å². The predicted octanol–water partition coefficient (Wildman–Crippen LogP) is 2.29. The molecule has 1 aromatic heterocycles. The van der Waals surface area contributed by atoms with Crippen molar-refractivity contribution in [3.8, 4) is 0 Å². The average Bonchev–Trinajstić information content (AvgIpc) is 2.99. The van der Waals surface area contributed by atoms with Crippen molar-refractivity contribution < 1.29 is 14.4 Å². The number of anilines is 1. The number of fused-ring (bicyclic) bond motifs is 2. The van der Waals surface area contributed by atoms with E-state index in [2.05, 4.69) is 15.6 Å². The van der Waals surface area contributed by atoms with Gasteiger partial charge in [-0.2, -0.15) is 0 Å². The van der Waals surface area contributed by atoms with Crippen molar-refractivity contribution in [1.82, 2.24) is 15.2 Å². The Balaban J connectivity index is 1.73. The number of imide groups is 1. The first-order valence-electron chi connectivity index (χ1n) is 7.28. The summed E-state index contributed by atoms with van der Waals surface area (Å²) in [5.41, 5.74) is -0.412. The standard InChI is InChI=1S/C16H10Cl2N4O3/c17-9-2-3-11-10(5-9)16(13(23)20-11)14(24)22(15(25)21-16)7-8-1-4-12(18)19-6-8/h1-6H,7H2,(H,20,23)(H,21,25). The summed E-state index contributed by atoms with van der Waals surface area (Å²) < 4.78 is 0. The van der Waals surface area contributed by atoms with Gasteiger partial charge in [0, 0.05) is 22.5 Å². The number of urea groups is 1. The van der Waals surface area contributed by atoms with E-state index in [-0.39, 0.29) is 6.54 Å². The van der Waals surface area contributed by atoms with Gasteiger partial charge in [-0.15, -0.1) is 0 Å². The van der Waals surface area contributed by atoms with E-state index in [4.69, 9.17) is 23.2 Å². The van der Waals surface area contributed by atoms with Gasteiger partial charge in [-0.25, -0.2) is 9.78 Å². The number of nitrogens with one attached hydrogen (secondary N) is 2. The molecule has 1 aromatic carbocycles. The highest BCUT2D eigenvalue weighted by molar-refractivity contribution is 6.32. The molecular formula is C16H10Cl2N4O3. The van der Waals surface area contributed by atoms with E-state index in [0.29, 0.717) is 27.0 Å². The number of pyridine rings is 1. The molecule has 1 spiro atoms. The molecule has 0 radical (unpaired) electrons. The van der Waals surface area contributed by atoms with Crippen molar-refractivity contribution in [3.05, 3.63) is 57.8 Å². The normalized spacial score (nSPS) is 21.5. The van der Waals surface area contributed by atoms with Crippen molar-refractivity contribution in [2.45, 2.75) is 12.1 Å². The van der Waals surface area contributed by atoms with Crippen LogP contribution in [0.15, 0.2) is 36.5 Å². The van der Waals surface area contributed by atoms with E-state index in [9.17, 15) is 14.4 Å². The zero-order valence-electron chi connectivity index (χ0n) is 12.5. The lowest BCUT2D eigenvalue weighted by atomic mass is 9.91. The number of hydrogen-bond donors (Lipinski definition) is 2. The first-order chi connectivity index (χ1) is 11.9. The Morgan fingerprint density at radius 2 is 1.92 bits per heavy atom. The number of carbonyl (C=O) groups excluding carboxylic acids is 3. The smallest absolute Gasteiger partial charge is 0.323 e. The number of benzene rings is 1. The lowest BCUT2D eigenvalue weighted by Crippen LogP contribution is -2.49. The number of rotatable bonds is 2. The fraction of sp³-hybridized carbons (Fsp3) is 0.125. The van der Waals surface area contributed by atoms with Gasteiger partial charge in [0.05, 0.1) is 6.54 Å². The van der Waals surface area contributed by atoms with Crippen LogP contribution in [-0.2, 0) is 21.7 Å². The summed E-state index contributed by atoms with van der Waals surface area (Å²) in [6, 6.07) is 7.24. The number of hydrogen-bond acceptors (Lipinski definition) is 4. The fourth-order valence-electron chi connectivity index (χ4n) is 3.01. The van der Waals surface area contributed by atoms with E-state index in [1.54, 1.807) is 24.3 Å². The first kappa shape index (κ1) is 15.9. The van der Waals surface area contributed by atoms with Crippen LogP contribution in [-0.4, -0.2) is 27.7 Å². The molecule has 2 aliphatic heterocycles. The first-order valence-corrected chi connectivity index (χ1v) is 8.03. The van der Waals surface area contributed by atoms with Crippen LogP contribution in [0.4, 0.5) is 10.5 Å². The Bertz CT molecular complexity index is 931. The summed E-state index contributed by atoms with van der Waals surface area (Å²) in [5, 5.41) is 5.79. The maximum atomic E-state index is 13.0. The molecule has 4 amide bonds. The van der Waals surface area contributed by atoms with Crippen LogP contribution in [0.2, 0.25) is 10.2 Å². The average molecular weight is 377 g/mol. The lowest BCUT2D eigenvalue weighted by Gasteiger charge is -2.19. The van der Waals surface area contributed by atoms with E-state index in [1.165, 1.54) is 12.3 Å². The Labute approximate surface area is 151 Å². The Morgan fingerprint density at radius 3 is 2.64 bits per heavy atom. The molecule has 4 rings (SSSR count). The highest BCUT2D eigenvalue weighted by atomic mass is 35.5.